The lowest BCUT2D eigenvalue weighted by atomic mass is 10.1. The monoisotopic (exact) mass is 401 g/mol. The van der Waals surface area contributed by atoms with Gasteiger partial charge in [0.25, 0.3) is 5.91 Å². The van der Waals surface area contributed by atoms with Crippen molar-refractivity contribution in [3.63, 3.8) is 0 Å². The Labute approximate surface area is 167 Å². The van der Waals surface area contributed by atoms with Gasteiger partial charge in [0.15, 0.2) is 5.13 Å². The zero-order valence-electron chi connectivity index (χ0n) is 15.8. The minimum atomic E-state index is -0.0225. The van der Waals surface area contributed by atoms with Gasteiger partial charge in [0.2, 0.25) is 0 Å². The first-order valence-corrected chi connectivity index (χ1v) is 11.0. The molecule has 1 unspecified atom stereocenters. The molecular formula is C20H23N3O2S2. The molecule has 1 amide bonds. The van der Waals surface area contributed by atoms with Crippen molar-refractivity contribution in [2.75, 3.05) is 18.1 Å². The number of anilines is 1. The third kappa shape index (κ3) is 3.63. The Morgan fingerprint density at radius 1 is 1.30 bits per heavy atom. The van der Waals surface area contributed by atoms with Crippen molar-refractivity contribution in [1.29, 1.82) is 0 Å². The maximum atomic E-state index is 13.4. The van der Waals surface area contributed by atoms with Crippen LogP contribution >= 0.6 is 22.7 Å². The summed E-state index contributed by atoms with van der Waals surface area (Å²) in [6.07, 6.45) is 3.02. The van der Waals surface area contributed by atoms with Crippen molar-refractivity contribution in [2.24, 2.45) is 0 Å². The van der Waals surface area contributed by atoms with Crippen LogP contribution in [-0.4, -0.2) is 35.1 Å². The predicted molar refractivity (Wildman–Crippen MR) is 111 cm³/mol. The van der Waals surface area contributed by atoms with Crippen molar-refractivity contribution in [3.8, 4) is 0 Å². The highest BCUT2D eigenvalue weighted by molar-refractivity contribution is 7.22. The van der Waals surface area contributed by atoms with E-state index in [0.717, 1.165) is 51.9 Å². The Balaban J connectivity index is 1.75. The van der Waals surface area contributed by atoms with Crippen molar-refractivity contribution in [2.45, 2.75) is 46.1 Å². The number of aromatic nitrogens is 2. The normalized spacial score (nSPS) is 16.9. The molecular weight excluding hydrogens is 378 g/mol. The van der Waals surface area contributed by atoms with Crippen LogP contribution in [0.1, 0.15) is 45.7 Å². The lowest BCUT2D eigenvalue weighted by Crippen LogP contribution is -2.37. The maximum Gasteiger partial charge on any atom is 0.272 e. The van der Waals surface area contributed by atoms with E-state index in [1.54, 1.807) is 16.2 Å². The average Bonchev–Trinajstić information content (AvgIpc) is 3.38. The number of hydrogen-bond acceptors (Lipinski definition) is 6. The summed E-state index contributed by atoms with van der Waals surface area (Å²) in [5.74, 6) is -0.0225. The molecule has 1 fully saturated rings. The van der Waals surface area contributed by atoms with Crippen LogP contribution in [0.2, 0.25) is 0 Å². The summed E-state index contributed by atoms with van der Waals surface area (Å²) >= 11 is 3.03. The van der Waals surface area contributed by atoms with Gasteiger partial charge in [-0.1, -0.05) is 30.4 Å². The Bertz CT molecular complexity index is 973. The van der Waals surface area contributed by atoms with E-state index in [9.17, 15) is 4.79 Å². The molecule has 7 heteroatoms. The number of fused-ring (bicyclic) bond motifs is 1. The van der Waals surface area contributed by atoms with Crippen molar-refractivity contribution < 1.29 is 9.53 Å². The molecule has 4 rings (SSSR count). The molecule has 142 valence electrons. The summed E-state index contributed by atoms with van der Waals surface area (Å²) in [6, 6.07) is 6.24. The number of amides is 1. The van der Waals surface area contributed by atoms with Crippen LogP contribution in [0.25, 0.3) is 10.2 Å². The van der Waals surface area contributed by atoms with E-state index in [4.69, 9.17) is 9.72 Å². The lowest BCUT2D eigenvalue weighted by molar-refractivity contribution is 0.0920. The summed E-state index contributed by atoms with van der Waals surface area (Å²) in [4.78, 5) is 25.2. The number of rotatable bonds is 5. The van der Waals surface area contributed by atoms with Gasteiger partial charge >= 0.3 is 0 Å². The fourth-order valence-electron chi connectivity index (χ4n) is 3.49. The first kappa shape index (κ1) is 18.5. The molecule has 0 saturated carbocycles. The Kier molecular flexibility index (Phi) is 5.25. The van der Waals surface area contributed by atoms with Crippen molar-refractivity contribution in [3.05, 3.63) is 39.3 Å². The zero-order valence-corrected chi connectivity index (χ0v) is 17.5. The molecule has 1 saturated heterocycles. The van der Waals surface area contributed by atoms with Gasteiger partial charge in [-0.3, -0.25) is 9.69 Å². The Morgan fingerprint density at radius 2 is 2.15 bits per heavy atom. The number of hydrogen-bond donors (Lipinski definition) is 0. The molecule has 0 bridgehead atoms. The van der Waals surface area contributed by atoms with Crippen LogP contribution in [0.15, 0.2) is 18.2 Å². The van der Waals surface area contributed by atoms with E-state index in [-0.39, 0.29) is 12.0 Å². The standard InChI is InChI=1S/C20H23N3O2S2/c1-4-14-7-5-9-16-17(14)22-20(27-16)23(11-15-8-6-10-25-15)19(24)18-12(2)21-13(3)26-18/h5,7,9,15H,4,6,8,10-11H2,1-3H3. The number of aryl methyl sites for hydroxylation is 3. The number of ether oxygens (including phenoxy) is 1. The van der Waals surface area contributed by atoms with Crippen molar-refractivity contribution >= 4 is 43.9 Å². The molecule has 1 aliphatic rings. The van der Waals surface area contributed by atoms with Gasteiger partial charge in [0.05, 0.1) is 33.6 Å². The van der Waals surface area contributed by atoms with E-state index in [2.05, 4.69) is 30.1 Å². The summed E-state index contributed by atoms with van der Waals surface area (Å²) in [7, 11) is 0. The summed E-state index contributed by atoms with van der Waals surface area (Å²) in [6.45, 7) is 7.27. The fourth-order valence-corrected chi connectivity index (χ4v) is 5.38. The quantitative estimate of drug-likeness (QED) is 0.619. The molecule has 3 heterocycles. The number of carbonyl (C=O) groups excluding carboxylic acids is 1. The molecule has 27 heavy (non-hydrogen) atoms. The second-order valence-corrected chi connectivity index (χ2v) is 9.02. The highest BCUT2D eigenvalue weighted by Gasteiger charge is 2.29. The summed E-state index contributed by atoms with van der Waals surface area (Å²) in [5, 5.41) is 1.65. The highest BCUT2D eigenvalue weighted by Crippen LogP contribution is 2.33. The van der Waals surface area contributed by atoms with Crippen LogP contribution in [0, 0.1) is 13.8 Å². The molecule has 0 aliphatic carbocycles. The van der Waals surface area contributed by atoms with Crippen LogP contribution in [0.3, 0.4) is 0 Å². The first-order valence-electron chi connectivity index (χ1n) is 9.32. The van der Waals surface area contributed by atoms with Gasteiger partial charge in [0, 0.05) is 6.61 Å². The Hall–Kier alpha value is -1.83. The van der Waals surface area contributed by atoms with E-state index in [0.29, 0.717) is 11.4 Å². The van der Waals surface area contributed by atoms with Gasteiger partial charge in [-0.05, 0) is 44.7 Å². The molecule has 1 atom stereocenters. The van der Waals surface area contributed by atoms with Gasteiger partial charge < -0.3 is 4.74 Å². The van der Waals surface area contributed by atoms with E-state index < -0.39 is 0 Å². The topological polar surface area (TPSA) is 55.3 Å². The van der Waals surface area contributed by atoms with E-state index in [1.807, 2.05) is 13.8 Å². The maximum absolute atomic E-state index is 13.4. The number of thiazole rings is 2. The molecule has 5 nitrogen and oxygen atoms in total. The molecule has 1 aromatic carbocycles. The van der Waals surface area contributed by atoms with E-state index in [1.165, 1.54) is 16.9 Å². The number of benzene rings is 1. The highest BCUT2D eigenvalue weighted by atomic mass is 32.1. The smallest absolute Gasteiger partial charge is 0.272 e. The van der Waals surface area contributed by atoms with E-state index >= 15 is 0 Å². The Morgan fingerprint density at radius 3 is 2.81 bits per heavy atom. The van der Waals surface area contributed by atoms with Gasteiger partial charge in [-0.25, -0.2) is 9.97 Å². The van der Waals surface area contributed by atoms with Gasteiger partial charge in [0.1, 0.15) is 4.88 Å². The predicted octanol–water partition coefficient (Wildman–Crippen LogP) is 4.76. The number of para-hydroxylation sites is 1. The number of carbonyl (C=O) groups is 1. The molecule has 0 radical (unpaired) electrons. The molecule has 0 spiro atoms. The van der Waals surface area contributed by atoms with Crippen LogP contribution in [0.5, 0.6) is 0 Å². The van der Waals surface area contributed by atoms with Crippen LogP contribution < -0.4 is 4.90 Å². The first-order chi connectivity index (χ1) is 13.1. The third-order valence-electron chi connectivity index (χ3n) is 4.86. The van der Waals surface area contributed by atoms with Crippen LogP contribution in [0.4, 0.5) is 5.13 Å². The molecule has 3 aromatic rings. The number of nitrogens with zero attached hydrogens (tertiary/aromatic N) is 3. The zero-order chi connectivity index (χ0) is 19.0. The minimum absolute atomic E-state index is 0.0225. The summed E-state index contributed by atoms with van der Waals surface area (Å²) < 4.78 is 6.93. The second kappa shape index (κ2) is 7.66. The minimum Gasteiger partial charge on any atom is -0.376 e. The molecule has 1 aliphatic heterocycles. The third-order valence-corrected chi connectivity index (χ3v) is 6.96. The average molecular weight is 402 g/mol. The lowest BCUT2D eigenvalue weighted by Gasteiger charge is -2.22. The van der Waals surface area contributed by atoms with Crippen molar-refractivity contribution in [1.82, 2.24) is 9.97 Å². The second-order valence-electron chi connectivity index (χ2n) is 6.81. The largest absolute Gasteiger partial charge is 0.376 e. The SMILES string of the molecule is CCc1cccc2sc(N(CC3CCCO3)C(=O)c3sc(C)nc3C)nc12. The van der Waals surface area contributed by atoms with Gasteiger partial charge in [-0.2, -0.15) is 0 Å². The van der Waals surface area contributed by atoms with Gasteiger partial charge in [-0.15, -0.1) is 11.3 Å². The molecule has 0 N–H and O–H groups in total. The fraction of sp³-hybridized carbons (Fsp3) is 0.450. The molecule has 2 aromatic heterocycles. The summed E-state index contributed by atoms with van der Waals surface area (Å²) in [5.41, 5.74) is 3.00. The van der Waals surface area contributed by atoms with Crippen LogP contribution in [-0.2, 0) is 11.2 Å².